The average Bonchev–Trinajstić information content (AvgIpc) is 3.03. The van der Waals surface area contributed by atoms with Crippen molar-refractivity contribution in [1.29, 1.82) is 0 Å². The maximum Gasteiger partial charge on any atom is 0.256 e. The first-order valence-electron chi connectivity index (χ1n) is 6.51. The van der Waals surface area contributed by atoms with E-state index in [4.69, 9.17) is 10.5 Å². The molecule has 0 aromatic carbocycles. The highest BCUT2D eigenvalue weighted by atomic mass is 32.1. The minimum Gasteiger partial charge on any atom is -0.397 e. The fourth-order valence-corrected chi connectivity index (χ4v) is 3.18. The molecule has 1 aromatic rings. The molecule has 0 radical (unpaired) electrons. The van der Waals surface area contributed by atoms with E-state index < -0.39 is 0 Å². The van der Waals surface area contributed by atoms with Crippen LogP contribution in [0, 0.1) is 5.92 Å². The molecule has 0 spiro atoms. The molecule has 110 valence electrons. The second-order valence-electron chi connectivity index (χ2n) is 4.79. The molecule has 0 saturated carbocycles. The summed E-state index contributed by atoms with van der Waals surface area (Å²) in [6.45, 7) is 3.66. The van der Waals surface area contributed by atoms with Crippen LogP contribution in [0.25, 0.3) is 0 Å². The maximum absolute atomic E-state index is 11.9. The number of nitrogen functional groups attached to an aromatic ring is 1. The van der Waals surface area contributed by atoms with E-state index in [1.165, 1.54) is 18.3 Å². The second kappa shape index (κ2) is 6.23. The Morgan fingerprint density at radius 3 is 2.80 bits per heavy atom. The molecule has 2 heterocycles. The SMILES string of the molecule is CNC(=O)c1c(NCC2CCOC2)sc(C(C)=O)c1N. The van der Waals surface area contributed by atoms with Crippen LogP contribution < -0.4 is 16.4 Å². The first kappa shape index (κ1) is 14.8. The Labute approximate surface area is 121 Å². The van der Waals surface area contributed by atoms with Gasteiger partial charge >= 0.3 is 0 Å². The minimum absolute atomic E-state index is 0.130. The number of carbonyl (C=O) groups excluding carboxylic acids is 2. The summed E-state index contributed by atoms with van der Waals surface area (Å²) >= 11 is 1.23. The lowest BCUT2D eigenvalue weighted by Crippen LogP contribution is -2.21. The van der Waals surface area contributed by atoms with Crippen LogP contribution in [-0.2, 0) is 4.74 Å². The monoisotopic (exact) mass is 297 g/mol. The van der Waals surface area contributed by atoms with Crippen LogP contribution in [0.2, 0.25) is 0 Å². The van der Waals surface area contributed by atoms with Crippen LogP contribution in [-0.4, -0.2) is 38.5 Å². The van der Waals surface area contributed by atoms with Crippen molar-refractivity contribution in [3.05, 3.63) is 10.4 Å². The first-order chi connectivity index (χ1) is 9.54. The van der Waals surface area contributed by atoms with Crippen LogP contribution in [0.5, 0.6) is 0 Å². The van der Waals surface area contributed by atoms with Crippen molar-refractivity contribution in [3.63, 3.8) is 0 Å². The number of anilines is 2. The van der Waals surface area contributed by atoms with E-state index in [2.05, 4.69) is 10.6 Å². The van der Waals surface area contributed by atoms with E-state index in [1.807, 2.05) is 0 Å². The normalized spacial score (nSPS) is 18.0. The maximum atomic E-state index is 11.9. The zero-order valence-electron chi connectivity index (χ0n) is 11.6. The smallest absolute Gasteiger partial charge is 0.256 e. The number of hydrogen-bond donors (Lipinski definition) is 3. The molecule has 0 bridgehead atoms. The van der Waals surface area contributed by atoms with Crippen molar-refractivity contribution in [2.45, 2.75) is 13.3 Å². The van der Waals surface area contributed by atoms with Gasteiger partial charge in [0.05, 0.1) is 22.7 Å². The zero-order valence-corrected chi connectivity index (χ0v) is 12.4. The number of nitrogens with two attached hydrogens (primary N) is 1. The van der Waals surface area contributed by atoms with E-state index in [0.29, 0.717) is 27.9 Å². The molecule has 2 rings (SSSR count). The summed E-state index contributed by atoms with van der Waals surface area (Å²) in [4.78, 5) is 23.9. The van der Waals surface area contributed by atoms with Gasteiger partial charge in [-0.1, -0.05) is 0 Å². The lowest BCUT2D eigenvalue weighted by Gasteiger charge is -2.10. The molecule has 1 unspecified atom stereocenters. The molecule has 1 fully saturated rings. The van der Waals surface area contributed by atoms with Crippen LogP contribution in [0.3, 0.4) is 0 Å². The van der Waals surface area contributed by atoms with Gasteiger partial charge in [-0.05, 0) is 6.42 Å². The molecule has 6 nitrogen and oxygen atoms in total. The summed E-state index contributed by atoms with van der Waals surface area (Å²) in [5.41, 5.74) is 6.55. The second-order valence-corrected chi connectivity index (χ2v) is 5.82. The van der Waals surface area contributed by atoms with E-state index >= 15 is 0 Å². The van der Waals surface area contributed by atoms with Gasteiger partial charge in [-0.2, -0.15) is 0 Å². The number of ketones is 1. The molecule has 7 heteroatoms. The van der Waals surface area contributed by atoms with Crippen LogP contribution in [0.1, 0.15) is 33.4 Å². The Morgan fingerprint density at radius 2 is 2.25 bits per heavy atom. The summed E-state index contributed by atoms with van der Waals surface area (Å²) in [5.74, 6) is 0.0166. The molecule has 0 aliphatic carbocycles. The number of nitrogens with one attached hydrogen (secondary N) is 2. The van der Waals surface area contributed by atoms with Gasteiger partial charge in [0.1, 0.15) is 5.00 Å². The Kier molecular flexibility index (Phi) is 4.61. The van der Waals surface area contributed by atoms with Gasteiger partial charge in [-0.25, -0.2) is 0 Å². The topological polar surface area (TPSA) is 93.5 Å². The van der Waals surface area contributed by atoms with E-state index in [-0.39, 0.29) is 17.4 Å². The Morgan fingerprint density at radius 1 is 1.50 bits per heavy atom. The predicted octanol–water partition coefficient (Wildman–Crippen LogP) is 1.34. The van der Waals surface area contributed by atoms with Gasteiger partial charge < -0.3 is 21.1 Å². The largest absolute Gasteiger partial charge is 0.397 e. The fourth-order valence-electron chi connectivity index (χ4n) is 2.16. The fraction of sp³-hybridized carbons (Fsp3) is 0.538. The number of rotatable bonds is 5. The van der Waals surface area contributed by atoms with E-state index in [1.54, 1.807) is 7.05 Å². The van der Waals surface area contributed by atoms with Gasteiger partial charge in [-0.15, -0.1) is 11.3 Å². The van der Waals surface area contributed by atoms with Gasteiger partial charge in [0.25, 0.3) is 5.91 Å². The third-order valence-corrected chi connectivity index (χ3v) is 4.56. The third kappa shape index (κ3) is 2.94. The molecule has 1 aromatic heterocycles. The predicted molar refractivity (Wildman–Crippen MR) is 79.5 cm³/mol. The summed E-state index contributed by atoms with van der Waals surface area (Å²) in [6.07, 6.45) is 1.00. The number of amides is 1. The van der Waals surface area contributed by atoms with E-state index in [0.717, 1.165) is 19.6 Å². The summed E-state index contributed by atoms with van der Waals surface area (Å²) in [6, 6.07) is 0. The highest BCUT2D eigenvalue weighted by Gasteiger charge is 2.24. The molecule has 4 N–H and O–H groups in total. The molecule has 20 heavy (non-hydrogen) atoms. The minimum atomic E-state index is -0.281. The number of carbonyl (C=O) groups is 2. The molecule has 1 amide bonds. The lowest BCUT2D eigenvalue weighted by atomic mass is 10.1. The highest BCUT2D eigenvalue weighted by molar-refractivity contribution is 7.19. The summed E-state index contributed by atoms with van der Waals surface area (Å²) in [5, 5.41) is 6.44. The number of thiophene rings is 1. The summed E-state index contributed by atoms with van der Waals surface area (Å²) < 4.78 is 5.32. The molecule has 1 aliphatic rings. The zero-order chi connectivity index (χ0) is 14.7. The van der Waals surface area contributed by atoms with Crippen molar-refractivity contribution in [3.8, 4) is 0 Å². The van der Waals surface area contributed by atoms with Crippen molar-refractivity contribution < 1.29 is 14.3 Å². The lowest BCUT2D eigenvalue weighted by molar-refractivity contribution is 0.0965. The Hall–Kier alpha value is -1.60. The van der Waals surface area contributed by atoms with E-state index in [9.17, 15) is 9.59 Å². The summed E-state index contributed by atoms with van der Waals surface area (Å²) in [7, 11) is 1.54. The van der Waals surface area contributed by atoms with Crippen LogP contribution >= 0.6 is 11.3 Å². The number of ether oxygens (including phenoxy) is 1. The van der Waals surface area contributed by atoms with Crippen molar-refractivity contribution in [2.75, 3.05) is 37.9 Å². The van der Waals surface area contributed by atoms with Crippen molar-refractivity contribution in [2.24, 2.45) is 5.92 Å². The Bertz CT molecular complexity index is 521. The van der Waals surface area contributed by atoms with Gasteiger partial charge in [0, 0.05) is 33.0 Å². The Balaban J connectivity index is 2.22. The average molecular weight is 297 g/mol. The van der Waals surface area contributed by atoms with Gasteiger partial charge in [0.2, 0.25) is 0 Å². The van der Waals surface area contributed by atoms with Crippen molar-refractivity contribution >= 4 is 33.7 Å². The van der Waals surface area contributed by atoms with Crippen molar-refractivity contribution in [1.82, 2.24) is 5.32 Å². The molecule has 1 aliphatic heterocycles. The standard InChI is InChI=1S/C13H19N3O3S/c1-7(17)11-10(14)9(12(18)15-2)13(20-11)16-5-8-3-4-19-6-8/h8,16H,3-6,14H2,1-2H3,(H,15,18). The third-order valence-electron chi connectivity index (χ3n) is 3.29. The van der Waals surface area contributed by atoms with Gasteiger partial charge in [-0.3, -0.25) is 9.59 Å². The number of Topliss-reactive ketones (excluding diaryl/α,β-unsaturated/α-hetero) is 1. The van der Waals surface area contributed by atoms with Crippen LogP contribution in [0.15, 0.2) is 0 Å². The quantitative estimate of drug-likeness (QED) is 0.713. The molecule has 1 atom stereocenters. The molecule has 1 saturated heterocycles. The highest BCUT2D eigenvalue weighted by Crippen LogP contribution is 2.36. The van der Waals surface area contributed by atoms with Crippen LogP contribution in [0.4, 0.5) is 10.7 Å². The molecular formula is C13H19N3O3S. The molecular weight excluding hydrogens is 278 g/mol. The first-order valence-corrected chi connectivity index (χ1v) is 7.33. The van der Waals surface area contributed by atoms with Gasteiger partial charge in [0.15, 0.2) is 5.78 Å². The number of hydrogen-bond acceptors (Lipinski definition) is 6.